The molecule has 1 aromatic heterocycles. The Hall–Kier alpha value is -2.91. The Labute approximate surface area is 210 Å². The molecule has 0 spiro atoms. The normalized spacial score (nSPS) is 12.4. The Kier molecular flexibility index (Phi) is 8.33. The summed E-state index contributed by atoms with van der Waals surface area (Å²) in [6, 6.07) is 8.49. The molecule has 0 N–H and O–H groups in total. The number of methoxy groups -OCH3 is 1. The van der Waals surface area contributed by atoms with E-state index in [1.807, 2.05) is 19.9 Å². The predicted molar refractivity (Wildman–Crippen MR) is 136 cm³/mol. The minimum atomic E-state index is -0.907. The lowest BCUT2D eigenvalue weighted by atomic mass is 10.2. The van der Waals surface area contributed by atoms with Crippen molar-refractivity contribution in [3.63, 3.8) is 0 Å². The molecular formula is C24H25BrClN3O5. The van der Waals surface area contributed by atoms with Crippen molar-refractivity contribution in [2.45, 2.75) is 39.7 Å². The van der Waals surface area contributed by atoms with Crippen LogP contribution in [0.15, 0.2) is 44.7 Å². The van der Waals surface area contributed by atoms with Crippen LogP contribution >= 0.6 is 27.5 Å². The molecule has 0 fully saturated rings. The molecule has 8 nitrogen and oxygen atoms in total. The number of rotatable bonds is 8. The third-order valence-electron chi connectivity index (χ3n) is 4.84. The summed E-state index contributed by atoms with van der Waals surface area (Å²) in [5, 5.41) is 5.22. The SMILES string of the molecule is CCOC(=O)[C@H](C)Oc1c(C=Nn2c(C(C)C)nc3ccc(Br)cc3c2=O)cc(Cl)cc1OC. The fourth-order valence-electron chi connectivity index (χ4n) is 3.22. The minimum Gasteiger partial charge on any atom is -0.493 e. The van der Waals surface area contributed by atoms with Gasteiger partial charge in [0.2, 0.25) is 0 Å². The van der Waals surface area contributed by atoms with Gasteiger partial charge >= 0.3 is 5.97 Å². The average molecular weight is 551 g/mol. The van der Waals surface area contributed by atoms with Crippen LogP contribution in [0.25, 0.3) is 10.9 Å². The summed E-state index contributed by atoms with van der Waals surface area (Å²) in [5.41, 5.74) is 0.680. The Morgan fingerprint density at radius 2 is 2.00 bits per heavy atom. The molecule has 0 aliphatic rings. The topological polar surface area (TPSA) is 92.0 Å². The zero-order valence-corrected chi connectivity index (χ0v) is 21.8. The largest absolute Gasteiger partial charge is 0.493 e. The van der Waals surface area contributed by atoms with Crippen LogP contribution in [-0.2, 0) is 9.53 Å². The summed E-state index contributed by atoms with van der Waals surface area (Å²) in [6.07, 6.45) is 0.524. The molecule has 0 bridgehead atoms. The van der Waals surface area contributed by atoms with Crippen molar-refractivity contribution in [2.24, 2.45) is 5.10 Å². The van der Waals surface area contributed by atoms with E-state index in [9.17, 15) is 9.59 Å². The summed E-state index contributed by atoms with van der Waals surface area (Å²) in [6.45, 7) is 7.36. The highest BCUT2D eigenvalue weighted by atomic mass is 79.9. The van der Waals surface area contributed by atoms with Gasteiger partial charge in [0.25, 0.3) is 5.56 Å². The highest BCUT2D eigenvalue weighted by molar-refractivity contribution is 9.10. The molecular weight excluding hydrogens is 526 g/mol. The fraction of sp³-hybridized carbons (Fsp3) is 0.333. The molecule has 0 saturated carbocycles. The number of hydrogen-bond donors (Lipinski definition) is 0. The molecule has 1 atom stereocenters. The van der Waals surface area contributed by atoms with Crippen molar-refractivity contribution in [1.82, 2.24) is 9.66 Å². The van der Waals surface area contributed by atoms with Gasteiger partial charge < -0.3 is 14.2 Å². The first-order chi connectivity index (χ1) is 16.2. The van der Waals surface area contributed by atoms with Gasteiger partial charge in [-0.2, -0.15) is 9.78 Å². The molecule has 3 rings (SSSR count). The number of esters is 1. The Morgan fingerprint density at radius 3 is 2.65 bits per heavy atom. The summed E-state index contributed by atoms with van der Waals surface area (Å²) in [4.78, 5) is 30.0. The van der Waals surface area contributed by atoms with E-state index in [2.05, 4.69) is 26.0 Å². The van der Waals surface area contributed by atoms with Gasteiger partial charge in [-0.25, -0.2) is 9.78 Å². The van der Waals surface area contributed by atoms with Gasteiger partial charge in [-0.1, -0.05) is 41.4 Å². The molecule has 0 radical (unpaired) electrons. The van der Waals surface area contributed by atoms with Crippen molar-refractivity contribution in [3.8, 4) is 11.5 Å². The van der Waals surface area contributed by atoms with Crippen LogP contribution < -0.4 is 15.0 Å². The van der Waals surface area contributed by atoms with Crippen molar-refractivity contribution in [1.29, 1.82) is 0 Å². The van der Waals surface area contributed by atoms with Crippen LogP contribution in [0.2, 0.25) is 5.02 Å². The third kappa shape index (κ3) is 5.59. The molecule has 0 unspecified atom stereocenters. The van der Waals surface area contributed by atoms with E-state index >= 15 is 0 Å². The quantitative estimate of drug-likeness (QED) is 0.284. The number of carbonyl (C=O) groups excluding carboxylic acids is 1. The van der Waals surface area contributed by atoms with Crippen LogP contribution in [0, 0.1) is 0 Å². The van der Waals surface area contributed by atoms with Gasteiger partial charge in [-0.3, -0.25) is 4.79 Å². The molecule has 0 amide bonds. The van der Waals surface area contributed by atoms with E-state index in [0.29, 0.717) is 33.1 Å². The molecule has 10 heteroatoms. The van der Waals surface area contributed by atoms with E-state index in [-0.39, 0.29) is 23.8 Å². The molecule has 3 aromatic rings. The maximum Gasteiger partial charge on any atom is 0.347 e. The van der Waals surface area contributed by atoms with Gasteiger partial charge in [-0.05, 0) is 38.1 Å². The van der Waals surface area contributed by atoms with Gasteiger partial charge in [0.15, 0.2) is 17.6 Å². The van der Waals surface area contributed by atoms with Crippen LogP contribution in [0.1, 0.15) is 45.0 Å². The second kappa shape index (κ2) is 11.0. The third-order valence-corrected chi connectivity index (χ3v) is 5.55. The maximum atomic E-state index is 13.3. The lowest BCUT2D eigenvalue weighted by Crippen LogP contribution is -2.27. The van der Waals surface area contributed by atoms with Crippen LogP contribution in [0.5, 0.6) is 11.5 Å². The van der Waals surface area contributed by atoms with Crippen molar-refractivity contribution >= 4 is 50.6 Å². The second-order valence-corrected chi connectivity index (χ2v) is 9.04. The molecule has 180 valence electrons. The summed E-state index contributed by atoms with van der Waals surface area (Å²) in [7, 11) is 1.46. The van der Waals surface area contributed by atoms with Gasteiger partial charge in [0.05, 0.1) is 30.8 Å². The van der Waals surface area contributed by atoms with Crippen LogP contribution in [0.4, 0.5) is 0 Å². The molecule has 0 aliphatic carbocycles. The molecule has 1 heterocycles. The maximum absolute atomic E-state index is 13.3. The number of fused-ring (bicyclic) bond motifs is 1. The number of nitrogens with zero attached hydrogens (tertiary/aromatic N) is 3. The Balaban J connectivity index is 2.14. The van der Waals surface area contributed by atoms with Crippen LogP contribution in [0.3, 0.4) is 0 Å². The van der Waals surface area contributed by atoms with Gasteiger partial charge in [-0.15, -0.1) is 0 Å². The lowest BCUT2D eigenvalue weighted by molar-refractivity contribution is -0.150. The summed E-state index contributed by atoms with van der Waals surface area (Å²) < 4.78 is 18.3. The highest BCUT2D eigenvalue weighted by Gasteiger charge is 2.21. The smallest absolute Gasteiger partial charge is 0.347 e. The monoisotopic (exact) mass is 549 g/mol. The minimum absolute atomic E-state index is 0.0775. The van der Waals surface area contributed by atoms with E-state index in [4.69, 9.17) is 25.8 Å². The average Bonchev–Trinajstić information content (AvgIpc) is 2.79. The number of benzene rings is 2. The van der Waals surface area contributed by atoms with E-state index < -0.39 is 12.1 Å². The number of carbonyl (C=O) groups is 1. The predicted octanol–water partition coefficient (Wildman–Crippen LogP) is 5.16. The van der Waals surface area contributed by atoms with Gasteiger partial charge in [0.1, 0.15) is 5.82 Å². The zero-order valence-electron chi connectivity index (χ0n) is 19.5. The standard InChI is InChI=1S/C24H25BrClN3O5/c1-6-33-24(31)14(4)34-21-15(9-17(26)11-20(21)32-5)12-27-29-22(13(2)3)28-19-8-7-16(25)10-18(19)23(29)30/h7-14H,6H2,1-5H3/t14-/m0/s1. The molecule has 2 aromatic carbocycles. The number of aromatic nitrogens is 2. The van der Waals surface area contributed by atoms with E-state index in [0.717, 1.165) is 4.47 Å². The van der Waals surface area contributed by atoms with Crippen molar-refractivity contribution in [2.75, 3.05) is 13.7 Å². The lowest BCUT2D eigenvalue weighted by Gasteiger charge is -2.18. The summed E-state index contributed by atoms with van der Waals surface area (Å²) >= 11 is 9.66. The zero-order chi connectivity index (χ0) is 25.0. The first kappa shape index (κ1) is 25.7. The number of hydrogen-bond acceptors (Lipinski definition) is 7. The van der Waals surface area contributed by atoms with Crippen LogP contribution in [-0.4, -0.2) is 41.7 Å². The number of halogens is 2. The molecule has 0 saturated heterocycles. The molecule has 34 heavy (non-hydrogen) atoms. The first-order valence-electron chi connectivity index (χ1n) is 10.6. The van der Waals surface area contributed by atoms with Gasteiger partial charge in [0, 0.05) is 27.0 Å². The van der Waals surface area contributed by atoms with Crippen molar-refractivity contribution < 1.29 is 19.0 Å². The second-order valence-electron chi connectivity index (χ2n) is 7.69. The molecule has 0 aliphatic heterocycles. The first-order valence-corrected chi connectivity index (χ1v) is 11.8. The Bertz CT molecular complexity index is 1310. The number of ether oxygens (including phenoxy) is 3. The highest BCUT2D eigenvalue weighted by Crippen LogP contribution is 2.35. The summed E-state index contributed by atoms with van der Waals surface area (Å²) in [5.74, 6) is 0.442. The Morgan fingerprint density at radius 1 is 1.26 bits per heavy atom. The van der Waals surface area contributed by atoms with E-state index in [1.54, 1.807) is 38.1 Å². The van der Waals surface area contributed by atoms with E-state index in [1.165, 1.54) is 18.0 Å². The van der Waals surface area contributed by atoms with Crippen molar-refractivity contribution in [3.05, 3.63) is 61.6 Å². The fourth-order valence-corrected chi connectivity index (χ4v) is 3.80.